The number of carbonyl (C=O) groups is 2. The quantitative estimate of drug-likeness (QED) is 0.851. The molecule has 1 atom stereocenters. The zero-order valence-corrected chi connectivity index (χ0v) is 12.6. The molecule has 1 amide bonds. The van der Waals surface area contributed by atoms with E-state index in [2.05, 4.69) is 15.0 Å². The summed E-state index contributed by atoms with van der Waals surface area (Å²) in [6, 6.07) is 3.84. The van der Waals surface area contributed by atoms with Gasteiger partial charge in [-0.25, -0.2) is 18.2 Å². The van der Waals surface area contributed by atoms with Gasteiger partial charge in [-0.15, -0.1) is 0 Å². The van der Waals surface area contributed by atoms with Crippen molar-refractivity contribution in [3.63, 3.8) is 0 Å². The molecule has 0 fully saturated rings. The highest BCUT2D eigenvalue weighted by molar-refractivity contribution is 5.92. The first-order valence-electron chi connectivity index (χ1n) is 6.85. The van der Waals surface area contributed by atoms with E-state index in [4.69, 9.17) is 0 Å². The second kappa shape index (κ2) is 7.58. The molecule has 1 N–H and O–H groups in total. The number of nitrogens with one attached hydrogen (secondary N) is 1. The van der Waals surface area contributed by atoms with Gasteiger partial charge in [-0.05, 0) is 18.2 Å². The summed E-state index contributed by atoms with van der Waals surface area (Å²) in [6.07, 6.45) is 0.481. The maximum absolute atomic E-state index is 14.0. The van der Waals surface area contributed by atoms with Crippen LogP contribution in [-0.4, -0.2) is 24.0 Å². The van der Waals surface area contributed by atoms with Crippen LogP contribution in [-0.2, 0) is 9.53 Å². The molecule has 2 rings (SSSR count). The van der Waals surface area contributed by atoms with Gasteiger partial charge in [0, 0.05) is 11.6 Å². The number of carbonyl (C=O) groups excluding carboxylic acids is 2. The first kappa shape index (κ1) is 17.5. The first-order valence-corrected chi connectivity index (χ1v) is 6.85. The van der Waals surface area contributed by atoms with E-state index in [1.54, 1.807) is 0 Å². The van der Waals surface area contributed by atoms with Gasteiger partial charge in [0.05, 0.1) is 25.8 Å². The van der Waals surface area contributed by atoms with Gasteiger partial charge in [0.15, 0.2) is 0 Å². The van der Waals surface area contributed by atoms with Crippen LogP contribution < -0.4 is 5.32 Å². The van der Waals surface area contributed by atoms with Crippen LogP contribution >= 0.6 is 0 Å². The summed E-state index contributed by atoms with van der Waals surface area (Å²) in [5.41, 5.74) is -0.203. The van der Waals surface area contributed by atoms with Crippen LogP contribution in [0.5, 0.6) is 0 Å². The third-order valence-corrected chi connectivity index (χ3v) is 3.20. The minimum absolute atomic E-state index is 0.0859. The van der Waals surface area contributed by atoms with Crippen molar-refractivity contribution in [2.45, 2.75) is 12.5 Å². The molecule has 1 aromatic carbocycles. The van der Waals surface area contributed by atoms with Gasteiger partial charge in [-0.1, -0.05) is 6.07 Å². The third-order valence-electron chi connectivity index (χ3n) is 3.20. The summed E-state index contributed by atoms with van der Waals surface area (Å²) in [4.78, 5) is 27.2. The minimum Gasteiger partial charge on any atom is -0.469 e. The molecule has 8 heteroatoms. The van der Waals surface area contributed by atoms with Crippen LogP contribution in [0, 0.1) is 17.5 Å². The molecular formula is C16H13F3N2O3. The average molecular weight is 338 g/mol. The number of nitrogens with zero attached hydrogens (tertiary/aromatic N) is 1. The van der Waals surface area contributed by atoms with E-state index in [-0.39, 0.29) is 17.7 Å². The van der Waals surface area contributed by atoms with Crippen molar-refractivity contribution in [3.8, 4) is 0 Å². The van der Waals surface area contributed by atoms with Crippen molar-refractivity contribution in [1.82, 2.24) is 10.3 Å². The molecule has 0 saturated carbocycles. The molecule has 0 aliphatic heterocycles. The summed E-state index contributed by atoms with van der Waals surface area (Å²) < 4.78 is 44.4. The highest BCUT2D eigenvalue weighted by Crippen LogP contribution is 2.22. The zero-order valence-electron chi connectivity index (χ0n) is 12.6. The summed E-state index contributed by atoms with van der Waals surface area (Å²) >= 11 is 0. The van der Waals surface area contributed by atoms with Crippen LogP contribution in [0.15, 0.2) is 36.5 Å². The lowest BCUT2D eigenvalue weighted by molar-refractivity contribution is -0.141. The predicted octanol–water partition coefficient (Wildman–Crippen LogP) is 2.53. The normalized spacial score (nSPS) is 11.7. The van der Waals surface area contributed by atoms with Gasteiger partial charge < -0.3 is 10.1 Å². The second-order valence-electron chi connectivity index (χ2n) is 4.83. The summed E-state index contributed by atoms with van der Waals surface area (Å²) in [7, 11) is 1.14. The molecule has 0 aliphatic rings. The fourth-order valence-electron chi connectivity index (χ4n) is 2.02. The van der Waals surface area contributed by atoms with Gasteiger partial charge in [0.1, 0.15) is 23.1 Å². The smallest absolute Gasteiger partial charge is 0.307 e. The van der Waals surface area contributed by atoms with Gasteiger partial charge in [-0.2, -0.15) is 0 Å². The van der Waals surface area contributed by atoms with Gasteiger partial charge in [-0.3, -0.25) is 9.59 Å². The third kappa shape index (κ3) is 4.31. The molecule has 0 bridgehead atoms. The maximum Gasteiger partial charge on any atom is 0.307 e. The van der Waals surface area contributed by atoms with Crippen molar-refractivity contribution in [2.24, 2.45) is 0 Å². The number of hydrogen-bond donors (Lipinski definition) is 1. The first-order chi connectivity index (χ1) is 11.4. The van der Waals surface area contributed by atoms with Crippen LogP contribution in [0.2, 0.25) is 0 Å². The number of halogens is 3. The van der Waals surface area contributed by atoms with Crippen molar-refractivity contribution >= 4 is 11.9 Å². The van der Waals surface area contributed by atoms with E-state index in [0.29, 0.717) is 6.07 Å². The van der Waals surface area contributed by atoms with Crippen molar-refractivity contribution in [1.29, 1.82) is 0 Å². The monoisotopic (exact) mass is 338 g/mol. The van der Waals surface area contributed by atoms with E-state index in [1.807, 2.05) is 0 Å². The summed E-state index contributed by atoms with van der Waals surface area (Å²) in [5.74, 6) is -3.78. The van der Waals surface area contributed by atoms with Crippen molar-refractivity contribution in [2.75, 3.05) is 7.11 Å². The molecule has 0 spiro atoms. The molecular weight excluding hydrogens is 325 g/mol. The lowest BCUT2D eigenvalue weighted by atomic mass is 10.0. The average Bonchev–Trinajstić information content (AvgIpc) is 2.54. The maximum atomic E-state index is 14.0. The Bertz CT molecular complexity index is 751. The van der Waals surface area contributed by atoms with Crippen LogP contribution in [0.25, 0.3) is 0 Å². The second-order valence-corrected chi connectivity index (χ2v) is 4.83. The molecule has 126 valence electrons. The van der Waals surface area contributed by atoms with Gasteiger partial charge in [0.2, 0.25) is 0 Å². The van der Waals surface area contributed by atoms with Crippen molar-refractivity contribution < 1.29 is 27.5 Å². The molecule has 1 heterocycles. The number of esters is 1. The highest BCUT2D eigenvalue weighted by atomic mass is 19.1. The van der Waals surface area contributed by atoms with Crippen LogP contribution in [0.4, 0.5) is 13.2 Å². The zero-order chi connectivity index (χ0) is 17.7. The molecule has 0 aliphatic carbocycles. The number of amides is 1. The fourth-order valence-corrected chi connectivity index (χ4v) is 2.02. The molecule has 0 saturated heterocycles. The molecule has 1 unspecified atom stereocenters. The van der Waals surface area contributed by atoms with Gasteiger partial charge >= 0.3 is 5.97 Å². The Hall–Kier alpha value is -2.90. The number of pyridine rings is 1. The summed E-state index contributed by atoms with van der Waals surface area (Å²) in [6.45, 7) is 0. The predicted molar refractivity (Wildman–Crippen MR) is 77.4 cm³/mol. The number of hydrogen-bond acceptors (Lipinski definition) is 4. The lowest BCUT2D eigenvalue weighted by Crippen LogP contribution is -2.31. The Labute approximate surface area is 135 Å². The largest absolute Gasteiger partial charge is 0.469 e. The molecule has 1 aromatic heterocycles. The summed E-state index contributed by atoms with van der Waals surface area (Å²) in [5, 5.41) is 2.41. The number of benzene rings is 1. The van der Waals surface area contributed by atoms with Crippen LogP contribution in [0.3, 0.4) is 0 Å². The Morgan fingerprint density at radius 1 is 1.17 bits per heavy atom. The van der Waals surface area contributed by atoms with E-state index in [1.165, 1.54) is 0 Å². The van der Waals surface area contributed by atoms with Crippen LogP contribution in [0.1, 0.15) is 28.5 Å². The Kier molecular flexibility index (Phi) is 5.51. The Morgan fingerprint density at radius 2 is 1.88 bits per heavy atom. The topological polar surface area (TPSA) is 68.3 Å². The van der Waals surface area contributed by atoms with E-state index >= 15 is 0 Å². The highest BCUT2D eigenvalue weighted by Gasteiger charge is 2.23. The van der Waals surface area contributed by atoms with Gasteiger partial charge in [0.25, 0.3) is 5.91 Å². The number of rotatable bonds is 5. The lowest BCUT2D eigenvalue weighted by Gasteiger charge is -2.18. The van der Waals surface area contributed by atoms with E-state index < -0.39 is 35.4 Å². The molecule has 2 aromatic rings. The number of ether oxygens (including phenoxy) is 1. The Balaban J connectivity index is 2.27. The molecule has 24 heavy (non-hydrogen) atoms. The number of aromatic nitrogens is 1. The standard InChI is InChI=1S/C16H13F3N2O3/c1-24-15(22)7-14(11-4-2-9(17)6-12(11)19)21-16(23)13-5-3-10(18)8-20-13/h2-6,8,14H,7H2,1H3,(H,21,23). The SMILES string of the molecule is COC(=O)CC(NC(=O)c1ccc(F)cn1)c1ccc(F)cc1F. The Morgan fingerprint density at radius 3 is 2.46 bits per heavy atom. The van der Waals surface area contributed by atoms with E-state index in [9.17, 15) is 22.8 Å². The number of methoxy groups -OCH3 is 1. The van der Waals surface area contributed by atoms with E-state index in [0.717, 1.165) is 37.6 Å². The molecule has 5 nitrogen and oxygen atoms in total. The minimum atomic E-state index is -1.10. The van der Waals surface area contributed by atoms with Crippen molar-refractivity contribution in [3.05, 3.63) is 65.2 Å². The fraction of sp³-hybridized carbons (Fsp3) is 0.188. The molecule has 0 radical (unpaired) electrons.